The SMILES string of the molecule is CC1(C(=O)O)CCC(Cn2cnc3nc(Cl)nc(NCCC4CCC4)c32)CC1. The van der Waals surface area contributed by atoms with Gasteiger partial charge in [0, 0.05) is 13.1 Å². The molecule has 0 radical (unpaired) electrons. The minimum atomic E-state index is -0.681. The molecule has 0 spiro atoms. The number of carbonyl (C=O) groups is 1. The first-order valence-electron chi connectivity index (χ1n) is 10.3. The Bertz CT molecular complexity index is 856. The summed E-state index contributed by atoms with van der Waals surface area (Å²) in [5, 5.41) is 13.1. The monoisotopic (exact) mass is 405 g/mol. The lowest BCUT2D eigenvalue weighted by atomic mass is 9.72. The number of aromatic nitrogens is 4. The van der Waals surface area contributed by atoms with Gasteiger partial charge in [-0.25, -0.2) is 4.98 Å². The van der Waals surface area contributed by atoms with Crippen LogP contribution < -0.4 is 5.32 Å². The van der Waals surface area contributed by atoms with Gasteiger partial charge in [0.1, 0.15) is 5.52 Å². The van der Waals surface area contributed by atoms with Crippen LogP contribution in [0.15, 0.2) is 6.33 Å². The van der Waals surface area contributed by atoms with E-state index in [1.807, 2.05) is 6.92 Å². The minimum absolute atomic E-state index is 0.207. The summed E-state index contributed by atoms with van der Waals surface area (Å²) in [4.78, 5) is 24.6. The molecule has 2 aromatic rings. The Hall–Kier alpha value is -1.89. The van der Waals surface area contributed by atoms with E-state index in [1.54, 1.807) is 6.33 Å². The number of aliphatic carboxylic acids is 1. The van der Waals surface area contributed by atoms with E-state index in [4.69, 9.17) is 11.6 Å². The second kappa shape index (κ2) is 7.85. The highest BCUT2D eigenvalue weighted by molar-refractivity contribution is 6.28. The van der Waals surface area contributed by atoms with Gasteiger partial charge in [-0.05, 0) is 62.5 Å². The fourth-order valence-electron chi connectivity index (χ4n) is 4.38. The largest absolute Gasteiger partial charge is 0.481 e. The minimum Gasteiger partial charge on any atom is -0.481 e. The average Bonchev–Trinajstić information content (AvgIpc) is 3.01. The molecule has 0 aromatic carbocycles. The lowest BCUT2D eigenvalue weighted by molar-refractivity contribution is -0.150. The van der Waals surface area contributed by atoms with E-state index in [2.05, 4.69) is 24.8 Å². The third-order valence-corrected chi connectivity index (χ3v) is 6.86. The van der Waals surface area contributed by atoms with Crippen LogP contribution in [-0.2, 0) is 11.3 Å². The molecule has 0 bridgehead atoms. The Kier molecular flexibility index (Phi) is 5.45. The summed E-state index contributed by atoms with van der Waals surface area (Å²) in [7, 11) is 0. The van der Waals surface area contributed by atoms with Gasteiger partial charge in [0.05, 0.1) is 11.7 Å². The maximum absolute atomic E-state index is 11.5. The third-order valence-electron chi connectivity index (χ3n) is 6.69. The summed E-state index contributed by atoms with van der Waals surface area (Å²) in [6, 6.07) is 0. The summed E-state index contributed by atoms with van der Waals surface area (Å²) >= 11 is 6.10. The van der Waals surface area contributed by atoms with E-state index >= 15 is 0 Å². The molecule has 2 N–H and O–H groups in total. The van der Waals surface area contributed by atoms with Crippen molar-refractivity contribution >= 4 is 34.6 Å². The number of anilines is 1. The van der Waals surface area contributed by atoms with Crippen molar-refractivity contribution < 1.29 is 9.90 Å². The highest BCUT2D eigenvalue weighted by Crippen LogP contribution is 2.40. The van der Waals surface area contributed by atoms with Gasteiger partial charge in [0.25, 0.3) is 0 Å². The van der Waals surface area contributed by atoms with E-state index in [0.717, 1.165) is 49.6 Å². The molecule has 2 aliphatic carbocycles. The van der Waals surface area contributed by atoms with Crippen LogP contribution in [0.5, 0.6) is 0 Å². The molecule has 7 nitrogen and oxygen atoms in total. The molecule has 8 heteroatoms. The summed E-state index contributed by atoms with van der Waals surface area (Å²) in [6.07, 6.45) is 10.2. The van der Waals surface area contributed by atoms with Crippen LogP contribution in [0, 0.1) is 17.3 Å². The lowest BCUT2D eigenvalue weighted by Gasteiger charge is -2.34. The molecule has 2 fully saturated rings. The van der Waals surface area contributed by atoms with Crippen molar-refractivity contribution in [2.75, 3.05) is 11.9 Å². The number of hydrogen-bond acceptors (Lipinski definition) is 5. The van der Waals surface area contributed by atoms with Gasteiger partial charge in [0.15, 0.2) is 11.5 Å². The summed E-state index contributed by atoms with van der Waals surface area (Å²) < 4.78 is 2.10. The molecule has 2 saturated carbocycles. The quantitative estimate of drug-likeness (QED) is 0.664. The molecule has 0 unspecified atom stereocenters. The molecular weight excluding hydrogens is 378 g/mol. The average molecular weight is 406 g/mol. The van der Waals surface area contributed by atoms with Gasteiger partial charge >= 0.3 is 5.97 Å². The molecular formula is C20H28ClN5O2. The summed E-state index contributed by atoms with van der Waals surface area (Å²) in [5.74, 6) is 1.33. The zero-order valence-electron chi connectivity index (χ0n) is 16.3. The number of rotatable bonds is 7. The van der Waals surface area contributed by atoms with Crippen molar-refractivity contribution in [3.8, 4) is 0 Å². The summed E-state index contributed by atoms with van der Waals surface area (Å²) in [6.45, 7) is 3.53. The van der Waals surface area contributed by atoms with Gasteiger partial charge in [-0.3, -0.25) is 4.79 Å². The Morgan fingerprint density at radius 1 is 1.29 bits per heavy atom. The number of halogens is 1. The molecule has 0 aliphatic heterocycles. The summed E-state index contributed by atoms with van der Waals surface area (Å²) in [5.41, 5.74) is 0.917. The maximum atomic E-state index is 11.5. The first kappa shape index (κ1) is 19.4. The van der Waals surface area contributed by atoms with Crippen LogP contribution in [0.3, 0.4) is 0 Å². The van der Waals surface area contributed by atoms with Crippen molar-refractivity contribution in [2.24, 2.45) is 17.3 Å². The lowest BCUT2D eigenvalue weighted by Crippen LogP contribution is -2.33. The van der Waals surface area contributed by atoms with Crippen LogP contribution in [-0.4, -0.2) is 37.1 Å². The topological polar surface area (TPSA) is 92.9 Å². The fraction of sp³-hybridized carbons (Fsp3) is 0.700. The first-order valence-corrected chi connectivity index (χ1v) is 10.7. The van der Waals surface area contributed by atoms with E-state index in [0.29, 0.717) is 24.4 Å². The van der Waals surface area contributed by atoms with E-state index in [1.165, 1.54) is 19.3 Å². The van der Waals surface area contributed by atoms with Crippen molar-refractivity contribution in [1.29, 1.82) is 0 Å². The highest BCUT2D eigenvalue weighted by atomic mass is 35.5. The van der Waals surface area contributed by atoms with Gasteiger partial charge in [-0.15, -0.1) is 0 Å². The molecule has 2 aliphatic rings. The number of carboxylic acids is 1. The number of nitrogens with zero attached hydrogens (tertiary/aromatic N) is 4. The van der Waals surface area contributed by atoms with Crippen LogP contribution in [0.4, 0.5) is 5.82 Å². The number of hydrogen-bond donors (Lipinski definition) is 2. The van der Waals surface area contributed by atoms with Crippen LogP contribution in [0.2, 0.25) is 5.28 Å². The standard InChI is InChI=1S/C20H28ClN5O2/c1-20(18(27)28)8-5-14(6-9-20)11-26-12-23-17-15(26)16(24-19(21)25-17)22-10-7-13-3-2-4-13/h12-14H,2-11H2,1H3,(H,27,28)(H,22,24,25). The molecule has 0 atom stereocenters. The van der Waals surface area contributed by atoms with E-state index < -0.39 is 11.4 Å². The molecule has 0 saturated heterocycles. The normalized spacial score (nSPS) is 25.6. The van der Waals surface area contributed by atoms with E-state index in [9.17, 15) is 9.90 Å². The fourth-order valence-corrected chi connectivity index (χ4v) is 4.54. The van der Waals surface area contributed by atoms with Crippen molar-refractivity contribution in [3.63, 3.8) is 0 Å². The number of carboxylic acid groups (broad SMARTS) is 1. The molecule has 2 aromatic heterocycles. The Morgan fingerprint density at radius 3 is 2.68 bits per heavy atom. The predicted octanol–water partition coefficient (Wildman–Crippen LogP) is 4.36. The smallest absolute Gasteiger partial charge is 0.309 e. The van der Waals surface area contributed by atoms with Gasteiger partial charge in [0.2, 0.25) is 5.28 Å². The zero-order valence-corrected chi connectivity index (χ0v) is 17.1. The van der Waals surface area contributed by atoms with Gasteiger partial charge in [-0.2, -0.15) is 9.97 Å². The molecule has 28 heavy (non-hydrogen) atoms. The molecule has 4 rings (SSSR count). The number of imidazole rings is 1. The Labute approximate surface area is 169 Å². The maximum Gasteiger partial charge on any atom is 0.309 e. The van der Waals surface area contributed by atoms with Crippen LogP contribution in [0.25, 0.3) is 11.2 Å². The number of fused-ring (bicyclic) bond motifs is 1. The van der Waals surface area contributed by atoms with Crippen LogP contribution >= 0.6 is 11.6 Å². The Morgan fingerprint density at radius 2 is 2.04 bits per heavy atom. The third kappa shape index (κ3) is 3.95. The van der Waals surface area contributed by atoms with Gasteiger partial charge in [-0.1, -0.05) is 19.3 Å². The zero-order chi connectivity index (χ0) is 19.7. The first-order chi connectivity index (χ1) is 13.4. The van der Waals surface area contributed by atoms with Crippen LogP contribution in [0.1, 0.15) is 58.3 Å². The predicted molar refractivity (Wildman–Crippen MR) is 108 cm³/mol. The number of nitrogens with one attached hydrogen (secondary N) is 1. The second-order valence-electron chi connectivity index (χ2n) is 8.73. The van der Waals surface area contributed by atoms with E-state index in [-0.39, 0.29) is 5.28 Å². The highest BCUT2D eigenvalue weighted by Gasteiger charge is 2.37. The second-order valence-corrected chi connectivity index (χ2v) is 9.07. The van der Waals surface area contributed by atoms with Crippen molar-refractivity contribution in [1.82, 2.24) is 19.5 Å². The van der Waals surface area contributed by atoms with Crippen molar-refractivity contribution in [2.45, 2.75) is 64.8 Å². The van der Waals surface area contributed by atoms with Gasteiger partial charge < -0.3 is 15.0 Å². The molecule has 152 valence electrons. The molecule has 2 heterocycles. The Balaban J connectivity index is 1.47. The molecule has 0 amide bonds. The van der Waals surface area contributed by atoms with Crippen molar-refractivity contribution in [3.05, 3.63) is 11.6 Å².